The predicted octanol–water partition coefficient (Wildman–Crippen LogP) is 5.35. The van der Waals surface area contributed by atoms with Gasteiger partial charge in [-0.25, -0.2) is 4.98 Å². The fraction of sp³-hybridized carbons (Fsp3) is 0.154. The van der Waals surface area contributed by atoms with Crippen molar-refractivity contribution >= 4 is 44.9 Å². The number of thiophene rings is 1. The summed E-state index contributed by atoms with van der Waals surface area (Å²) in [6.45, 7) is 4.37. The Morgan fingerprint density at radius 3 is 2.56 bits per heavy atom. The van der Waals surface area contributed by atoms with E-state index in [9.17, 15) is 9.59 Å². The second-order valence-corrected chi connectivity index (χ2v) is 9.35. The van der Waals surface area contributed by atoms with Crippen molar-refractivity contribution in [2.24, 2.45) is 0 Å². The van der Waals surface area contributed by atoms with Gasteiger partial charge in [0, 0.05) is 23.7 Å². The third-order valence-corrected chi connectivity index (χ3v) is 7.17. The number of carbonyl (C=O) groups is 1. The SMILES string of the molecule is C=CCn1c(SCC(=O)N(CCC#N)c2ccccc2)nc2sc(-c3ccccc3)cc2c1=O. The maximum Gasteiger partial charge on any atom is 0.263 e. The van der Waals surface area contributed by atoms with Gasteiger partial charge in [0.1, 0.15) is 4.83 Å². The van der Waals surface area contributed by atoms with Crippen LogP contribution in [0.25, 0.3) is 20.7 Å². The number of para-hydroxylation sites is 1. The first-order valence-corrected chi connectivity index (χ1v) is 12.5. The Morgan fingerprint density at radius 2 is 1.88 bits per heavy atom. The summed E-state index contributed by atoms with van der Waals surface area (Å²) in [6, 6.07) is 23.1. The molecule has 2 aromatic heterocycles. The van der Waals surface area contributed by atoms with Gasteiger partial charge in [0.05, 0.1) is 23.6 Å². The number of benzene rings is 2. The van der Waals surface area contributed by atoms with Crippen LogP contribution in [0, 0.1) is 11.3 Å². The molecule has 0 fully saturated rings. The van der Waals surface area contributed by atoms with Gasteiger partial charge < -0.3 is 4.90 Å². The lowest BCUT2D eigenvalue weighted by molar-refractivity contribution is -0.116. The van der Waals surface area contributed by atoms with Crippen LogP contribution in [0.2, 0.25) is 0 Å². The lowest BCUT2D eigenvalue weighted by Gasteiger charge is -2.21. The van der Waals surface area contributed by atoms with E-state index in [1.165, 1.54) is 23.1 Å². The fourth-order valence-corrected chi connectivity index (χ4v) is 5.48. The molecule has 0 unspecified atom stereocenters. The Balaban J connectivity index is 1.64. The van der Waals surface area contributed by atoms with Gasteiger partial charge >= 0.3 is 0 Å². The molecule has 1 amide bonds. The summed E-state index contributed by atoms with van der Waals surface area (Å²) in [4.78, 5) is 34.3. The minimum Gasteiger partial charge on any atom is -0.311 e. The molecule has 170 valence electrons. The van der Waals surface area contributed by atoms with Gasteiger partial charge in [-0.15, -0.1) is 17.9 Å². The topological polar surface area (TPSA) is 79.0 Å². The van der Waals surface area contributed by atoms with E-state index in [0.29, 0.717) is 28.5 Å². The summed E-state index contributed by atoms with van der Waals surface area (Å²) in [5.41, 5.74) is 1.62. The summed E-state index contributed by atoms with van der Waals surface area (Å²) >= 11 is 2.68. The normalized spacial score (nSPS) is 10.7. The molecule has 34 heavy (non-hydrogen) atoms. The van der Waals surface area contributed by atoms with Crippen LogP contribution in [0.3, 0.4) is 0 Å². The van der Waals surface area contributed by atoms with Crippen molar-refractivity contribution in [1.82, 2.24) is 9.55 Å². The molecular formula is C26H22N4O2S2. The summed E-state index contributed by atoms with van der Waals surface area (Å²) in [7, 11) is 0. The number of nitriles is 1. The van der Waals surface area contributed by atoms with Gasteiger partial charge in [-0.05, 0) is 23.8 Å². The van der Waals surface area contributed by atoms with Crippen molar-refractivity contribution in [3.63, 3.8) is 0 Å². The molecule has 0 atom stereocenters. The van der Waals surface area contributed by atoms with E-state index in [4.69, 9.17) is 10.2 Å². The highest BCUT2D eigenvalue weighted by Gasteiger charge is 2.19. The van der Waals surface area contributed by atoms with Crippen molar-refractivity contribution < 1.29 is 4.79 Å². The first kappa shape index (κ1) is 23.5. The molecule has 0 saturated carbocycles. The molecular weight excluding hydrogens is 464 g/mol. The third-order valence-electron chi connectivity index (χ3n) is 5.13. The van der Waals surface area contributed by atoms with E-state index < -0.39 is 0 Å². The average molecular weight is 487 g/mol. The zero-order valence-electron chi connectivity index (χ0n) is 18.4. The van der Waals surface area contributed by atoms with Crippen LogP contribution in [-0.4, -0.2) is 27.8 Å². The number of hydrogen-bond donors (Lipinski definition) is 0. The maximum atomic E-state index is 13.3. The van der Waals surface area contributed by atoms with Crippen molar-refractivity contribution in [1.29, 1.82) is 5.26 Å². The Hall–Kier alpha value is -3.67. The summed E-state index contributed by atoms with van der Waals surface area (Å²) < 4.78 is 1.55. The fourth-order valence-electron chi connectivity index (χ4n) is 3.51. The zero-order chi connectivity index (χ0) is 23.9. The summed E-state index contributed by atoms with van der Waals surface area (Å²) in [5, 5.41) is 10.0. The summed E-state index contributed by atoms with van der Waals surface area (Å²) in [6.07, 6.45) is 1.88. The predicted molar refractivity (Wildman–Crippen MR) is 139 cm³/mol. The van der Waals surface area contributed by atoms with E-state index in [-0.39, 0.29) is 23.6 Å². The van der Waals surface area contributed by atoms with E-state index in [1.807, 2.05) is 66.7 Å². The average Bonchev–Trinajstić information content (AvgIpc) is 3.31. The number of thioether (sulfide) groups is 1. The molecule has 4 rings (SSSR count). The zero-order valence-corrected chi connectivity index (χ0v) is 20.0. The van der Waals surface area contributed by atoms with E-state index >= 15 is 0 Å². The molecule has 2 heterocycles. The van der Waals surface area contributed by atoms with Crippen LogP contribution >= 0.6 is 23.1 Å². The Morgan fingerprint density at radius 1 is 1.18 bits per heavy atom. The number of allylic oxidation sites excluding steroid dienone is 1. The van der Waals surface area contributed by atoms with Crippen LogP contribution in [0.5, 0.6) is 0 Å². The monoisotopic (exact) mass is 486 g/mol. The van der Waals surface area contributed by atoms with E-state index in [0.717, 1.165) is 16.1 Å². The molecule has 0 aliphatic rings. The number of hydrogen-bond acceptors (Lipinski definition) is 6. The summed E-state index contributed by atoms with van der Waals surface area (Å²) in [5.74, 6) is -0.0612. The molecule has 0 radical (unpaired) electrons. The quantitative estimate of drug-likeness (QED) is 0.181. The Bertz CT molecular complexity index is 1410. The smallest absolute Gasteiger partial charge is 0.263 e. The number of fused-ring (bicyclic) bond motifs is 1. The van der Waals surface area contributed by atoms with Gasteiger partial charge in [-0.2, -0.15) is 5.26 Å². The highest BCUT2D eigenvalue weighted by molar-refractivity contribution is 7.99. The number of carbonyl (C=O) groups excluding carboxylic acids is 1. The second kappa shape index (κ2) is 11.0. The maximum absolute atomic E-state index is 13.3. The van der Waals surface area contributed by atoms with Gasteiger partial charge in [-0.1, -0.05) is 66.4 Å². The van der Waals surface area contributed by atoms with Crippen LogP contribution < -0.4 is 10.5 Å². The molecule has 0 aliphatic heterocycles. The molecule has 2 aromatic carbocycles. The second-order valence-electron chi connectivity index (χ2n) is 7.37. The first-order valence-electron chi connectivity index (χ1n) is 10.7. The Kier molecular flexibility index (Phi) is 7.58. The minimum absolute atomic E-state index is 0.0896. The number of nitrogens with zero attached hydrogens (tertiary/aromatic N) is 4. The number of amides is 1. The van der Waals surface area contributed by atoms with Crippen molar-refractivity contribution in [3.8, 4) is 16.5 Å². The molecule has 0 spiro atoms. The highest BCUT2D eigenvalue weighted by atomic mass is 32.2. The number of aromatic nitrogens is 2. The minimum atomic E-state index is -0.151. The molecule has 6 nitrogen and oxygen atoms in total. The molecule has 8 heteroatoms. The van der Waals surface area contributed by atoms with Crippen molar-refractivity contribution in [2.45, 2.75) is 18.1 Å². The molecule has 0 aliphatic carbocycles. The van der Waals surface area contributed by atoms with Gasteiger partial charge in [0.15, 0.2) is 5.16 Å². The molecule has 0 N–H and O–H groups in total. The first-order chi connectivity index (χ1) is 16.6. The molecule has 0 saturated heterocycles. The van der Waals surface area contributed by atoms with E-state index in [1.54, 1.807) is 15.5 Å². The van der Waals surface area contributed by atoms with Crippen LogP contribution in [0.4, 0.5) is 5.69 Å². The highest BCUT2D eigenvalue weighted by Crippen LogP contribution is 2.32. The van der Waals surface area contributed by atoms with Gasteiger partial charge in [-0.3, -0.25) is 14.2 Å². The lowest BCUT2D eigenvalue weighted by Crippen LogP contribution is -2.33. The number of anilines is 1. The number of rotatable bonds is 9. The Labute approximate surface area is 205 Å². The van der Waals surface area contributed by atoms with Crippen molar-refractivity contribution in [3.05, 3.63) is 89.7 Å². The molecule has 0 bridgehead atoms. The standard InChI is InChI=1S/C26H22N4O2S2/c1-2-15-30-25(32)21-17-22(19-10-5-3-6-11-19)34-24(21)28-26(30)33-18-23(31)29(16-9-14-27)20-12-7-4-8-13-20/h2-8,10-13,17H,1,9,15-16,18H2. The van der Waals surface area contributed by atoms with Gasteiger partial charge in [0.25, 0.3) is 5.56 Å². The van der Waals surface area contributed by atoms with Gasteiger partial charge in [0.2, 0.25) is 5.91 Å². The lowest BCUT2D eigenvalue weighted by atomic mass is 10.2. The van der Waals surface area contributed by atoms with Crippen molar-refractivity contribution in [2.75, 3.05) is 17.2 Å². The third kappa shape index (κ3) is 5.11. The largest absolute Gasteiger partial charge is 0.311 e. The van der Waals surface area contributed by atoms with Crippen LogP contribution in [-0.2, 0) is 11.3 Å². The van der Waals surface area contributed by atoms with Crippen LogP contribution in [0.1, 0.15) is 6.42 Å². The van der Waals surface area contributed by atoms with E-state index in [2.05, 4.69) is 12.6 Å². The van der Waals surface area contributed by atoms with Crippen LogP contribution in [0.15, 0.2) is 89.3 Å². The molecule has 4 aromatic rings.